The average Bonchev–Trinajstić information content (AvgIpc) is 2.81. The molecule has 0 aromatic heterocycles. The zero-order valence-corrected chi connectivity index (χ0v) is 11.3. The van der Waals surface area contributed by atoms with Crippen LogP contribution in [0.1, 0.15) is 32.1 Å². The number of hydrogen-bond acceptors (Lipinski definition) is 3. The zero-order chi connectivity index (χ0) is 13.6. The van der Waals surface area contributed by atoms with Crippen LogP contribution in [0.15, 0.2) is 0 Å². The minimum absolute atomic E-state index is 0.0133. The van der Waals surface area contributed by atoms with Crippen LogP contribution < -0.4 is 0 Å². The fourth-order valence-electron chi connectivity index (χ4n) is 5.48. The lowest BCUT2D eigenvalue weighted by Gasteiger charge is -2.28. The first-order valence-corrected chi connectivity index (χ1v) is 7.85. The lowest BCUT2D eigenvalue weighted by Crippen LogP contribution is -2.44. The molecule has 20 heavy (non-hydrogen) atoms. The summed E-state index contributed by atoms with van der Waals surface area (Å²) >= 11 is 0. The molecular formula is C15H19NO4. The minimum Gasteiger partial charge on any atom is -0.481 e. The van der Waals surface area contributed by atoms with Gasteiger partial charge in [-0.25, -0.2) is 0 Å². The van der Waals surface area contributed by atoms with Crippen LogP contribution in [0.2, 0.25) is 0 Å². The highest BCUT2D eigenvalue weighted by Gasteiger charge is 2.65. The van der Waals surface area contributed by atoms with Crippen LogP contribution in [-0.2, 0) is 14.3 Å². The van der Waals surface area contributed by atoms with E-state index in [1.165, 1.54) is 6.42 Å². The van der Waals surface area contributed by atoms with Crippen molar-refractivity contribution in [1.82, 2.24) is 4.90 Å². The molecule has 4 heterocycles. The second-order valence-corrected chi connectivity index (χ2v) is 7.27. The number of nitrogens with zero attached hydrogens (tertiary/aromatic N) is 1. The maximum absolute atomic E-state index is 12.9. The Bertz CT molecular complexity index is 506. The maximum Gasteiger partial charge on any atom is 0.308 e. The molecule has 1 N–H and O–H groups in total. The molecule has 5 heteroatoms. The van der Waals surface area contributed by atoms with E-state index in [0.717, 1.165) is 25.2 Å². The van der Waals surface area contributed by atoms with Crippen LogP contribution in [0.4, 0.5) is 0 Å². The van der Waals surface area contributed by atoms with E-state index >= 15 is 0 Å². The van der Waals surface area contributed by atoms with Crippen LogP contribution in [0.25, 0.3) is 0 Å². The van der Waals surface area contributed by atoms with Gasteiger partial charge in [-0.3, -0.25) is 9.59 Å². The molecule has 0 unspecified atom stereocenters. The fraction of sp³-hybridized carbons (Fsp3) is 0.867. The minimum atomic E-state index is -0.735. The fourth-order valence-corrected chi connectivity index (χ4v) is 5.48. The number of rotatable bonds is 2. The predicted molar refractivity (Wildman–Crippen MR) is 67.8 cm³/mol. The summed E-state index contributed by atoms with van der Waals surface area (Å²) in [7, 11) is 0. The lowest BCUT2D eigenvalue weighted by atomic mass is 9.88. The Labute approximate surface area is 117 Å². The lowest BCUT2D eigenvalue weighted by molar-refractivity contribution is -0.144. The van der Waals surface area contributed by atoms with E-state index in [-0.39, 0.29) is 35.9 Å². The molecular weight excluding hydrogens is 258 g/mol. The highest BCUT2D eigenvalue weighted by molar-refractivity contribution is 5.83. The van der Waals surface area contributed by atoms with Crippen molar-refractivity contribution in [3.63, 3.8) is 0 Å². The maximum atomic E-state index is 12.9. The van der Waals surface area contributed by atoms with E-state index in [4.69, 9.17) is 4.74 Å². The molecule has 108 valence electrons. The molecule has 1 aliphatic carbocycles. The second kappa shape index (κ2) is 3.56. The predicted octanol–water partition coefficient (Wildman–Crippen LogP) is 0.874. The molecule has 5 fully saturated rings. The number of hydrogen-bond donors (Lipinski definition) is 1. The Hall–Kier alpha value is -1.10. The number of carbonyl (C=O) groups excluding carboxylic acids is 1. The molecule has 5 aliphatic rings. The van der Waals surface area contributed by atoms with E-state index in [0.29, 0.717) is 18.4 Å². The standard InChI is InChI=1S/C15H19NO4/c17-14(10-5-12-7-4-8(7)13(10)20-12)16-6-1-2-11(16)9(3-6)15(18)19/h6-13H,1-5H2,(H,18,19)/t6-,7-,8+,9-,10-,11+,12+,13+/m1/s1. The molecule has 5 nitrogen and oxygen atoms in total. The third-order valence-corrected chi connectivity index (χ3v) is 6.43. The summed E-state index contributed by atoms with van der Waals surface area (Å²) in [6.07, 6.45) is 5.06. The summed E-state index contributed by atoms with van der Waals surface area (Å²) in [5.41, 5.74) is 0. The van der Waals surface area contributed by atoms with Gasteiger partial charge in [0.15, 0.2) is 0 Å². The molecule has 0 spiro atoms. The third-order valence-electron chi connectivity index (χ3n) is 6.43. The highest BCUT2D eigenvalue weighted by Crippen LogP contribution is 2.61. The Morgan fingerprint density at radius 2 is 1.90 bits per heavy atom. The molecule has 0 radical (unpaired) electrons. The number of fused-ring (bicyclic) bond motifs is 7. The number of aliphatic carboxylic acids is 1. The summed E-state index contributed by atoms with van der Waals surface area (Å²) in [6.45, 7) is 0. The van der Waals surface area contributed by atoms with Gasteiger partial charge in [-0.15, -0.1) is 0 Å². The number of amides is 1. The number of carboxylic acid groups (broad SMARTS) is 1. The molecule has 4 bridgehead atoms. The molecule has 1 saturated carbocycles. The van der Waals surface area contributed by atoms with E-state index in [9.17, 15) is 14.7 Å². The van der Waals surface area contributed by atoms with E-state index < -0.39 is 5.97 Å². The molecule has 4 saturated heterocycles. The van der Waals surface area contributed by atoms with Crippen LogP contribution in [0, 0.1) is 23.7 Å². The van der Waals surface area contributed by atoms with Crippen molar-refractivity contribution in [3.05, 3.63) is 0 Å². The van der Waals surface area contributed by atoms with Gasteiger partial charge >= 0.3 is 5.97 Å². The number of carbonyl (C=O) groups is 2. The van der Waals surface area contributed by atoms with Crippen LogP contribution >= 0.6 is 0 Å². The van der Waals surface area contributed by atoms with Crippen molar-refractivity contribution in [2.45, 2.75) is 56.4 Å². The summed E-state index contributed by atoms with van der Waals surface area (Å²) in [5.74, 6) is 0.482. The van der Waals surface area contributed by atoms with Gasteiger partial charge in [-0.05, 0) is 43.9 Å². The molecule has 0 aromatic rings. The monoisotopic (exact) mass is 277 g/mol. The largest absolute Gasteiger partial charge is 0.481 e. The van der Waals surface area contributed by atoms with Gasteiger partial charge in [0.25, 0.3) is 0 Å². The SMILES string of the molecule is O=C(O)[C@@H]1C[C@H]2CC[C@@H]1N2C(=O)[C@@H]1C[C@@H]2O[C@H]1[C@H]1C[C@H]12. The average molecular weight is 277 g/mol. The van der Waals surface area contributed by atoms with Crippen LogP contribution in [-0.4, -0.2) is 46.2 Å². The summed E-state index contributed by atoms with van der Waals surface area (Å²) in [5, 5.41) is 9.29. The summed E-state index contributed by atoms with van der Waals surface area (Å²) in [4.78, 5) is 26.1. The van der Waals surface area contributed by atoms with Crippen molar-refractivity contribution in [2.75, 3.05) is 0 Å². The Balaban J connectivity index is 1.38. The van der Waals surface area contributed by atoms with Crippen molar-refractivity contribution >= 4 is 11.9 Å². The molecule has 0 aromatic carbocycles. The first-order valence-electron chi connectivity index (χ1n) is 7.85. The number of ether oxygens (including phenoxy) is 1. The van der Waals surface area contributed by atoms with Gasteiger partial charge in [0.2, 0.25) is 5.91 Å². The zero-order valence-electron chi connectivity index (χ0n) is 11.3. The van der Waals surface area contributed by atoms with Crippen molar-refractivity contribution in [2.24, 2.45) is 23.7 Å². The van der Waals surface area contributed by atoms with Gasteiger partial charge in [0, 0.05) is 12.1 Å². The van der Waals surface area contributed by atoms with Gasteiger partial charge in [-0.1, -0.05) is 0 Å². The summed E-state index contributed by atoms with van der Waals surface area (Å²) < 4.78 is 5.93. The van der Waals surface area contributed by atoms with E-state index in [1.807, 2.05) is 4.90 Å². The van der Waals surface area contributed by atoms with Crippen LogP contribution in [0.5, 0.6) is 0 Å². The summed E-state index contributed by atoms with van der Waals surface area (Å²) in [6, 6.07) is 0.113. The van der Waals surface area contributed by atoms with E-state index in [2.05, 4.69) is 0 Å². The Morgan fingerprint density at radius 3 is 2.55 bits per heavy atom. The normalized spacial score (nSPS) is 54.3. The quantitative estimate of drug-likeness (QED) is 0.813. The first-order chi connectivity index (χ1) is 9.65. The highest BCUT2D eigenvalue weighted by atomic mass is 16.5. The Kier molecular flexibility index (Phi) is 2.06. The first kappa shape index (κ1) is 11.5. The van der Waals surface area contributed by atoms with E-state index in [1.54, 1.807) is 0 Å². The van der Waals surface area contributed by atoms with Crippen molar-refractivity contribution in [1.29, 1.82) is 0 Å². The van der Waals surface area contributed by atoms with Gasteiger partial charge in [-0.2, -0.15) is 0 Å². The molecule has 5 rings (SSSR count). The smallest absolute Gasteiger partial charge is 0.308 e. The van der Waals surface area contributed by atoms with Gasteiger partial charge in [0.05, 0.1) is 24.0 Å². The van der Waals surface area contributed by atoms with Crippen LogP contribution in [0.3, 0.4) is 0 Å². The Morgan fingerprint density at radius 1 is 1.05 bits per heavy atom. The van der Waals surface area contributed by atoms with Crippen molar-refractivity contribution in [3.8, 4) is 0 Å². The second-order valence-electron chi connectivity index (χ2n) is 7.27. The number of carboxylic acids is 1. The van der Waals surface area contributed by atoms with Gasteiger partial charge in [0.1, 0.15) is 0 Å². The third kappa shape index (κ3) is 1.27. The molecule has 4 aliphatic heterocycles. The molecule has 1 amide bonds. The van der Waals surface area contributed by atoms with Gasteiger partial charge < -0.3 is 14.7 Å². The molecule has 8 atom stereocenters. The van der Waals surface area contributed by atoms with Crippen molar-refractivity contribution < 1.29 is 19.4 Å². The topological polar surface area (TPSA) is 66.8 Å².